The number of aryl methyl sites for hydroxylation is 1. The molecule has 5 rings (SSSR count). The van der Waals surface area contributed by atoms with Crippen LogP contribution in [0, 0.1) is 6.92 Å². The number of methoxy groups -OCH3 is 1. The lowest BCUT2D eigenvalue weighted by molar-refractivity contribution is -0.132. The minimum atomic E-state index is -0.603. The molecule has 1 aliphatic heterocycles. The van der Waals surface area contributed by atoms with Crippen LogP contribution in [0.25, 0.3) is 5.82 Å². The molecule has 1 aromatic carbocycles. The zero-order chi connectivity index (χ0) is 27.2. The molecular weight excluding hydrogens is 496 g/mol. The molecular formula is C28H32N8O3. The maximum absolute atomic E-state index is 13.5. The van der Waals surface area contributed by atoms with Crippen molar-refractivity contribution in [2.24, 2.45) is 0 Å². The Bertz CT molecular complexity index is 1400. The van der Waals surface area contributed by atoms with Gasteiger partial charge in [-0.15, -0.1) is 0 Å². The summed E-state index contributed by atoms with van der Waals surface area (Å²) in [6.07, 6.45) is 9.46. The molecule has 1 atom stereocenters. The van der Waals surface area contributed by atoms with Crippen molar-refractivity contribution in [1.82, 2.24) is 34.7 Å². The first-order valence-corrected chi connectivity index (χ1v) is 12.9. The van der Waals surface area contributed by atoms with Crippen molar-refractivity contribution in [2.75, 3.05) is 38.2 Å². The summed E-state index contributed by atoms with van der Waals surface area (Å²) in [6.45, 7) is 3.71. The van der Waals surface area contributed by atoms with Gasteiger partial charge in [-0.05, 0) is 36.2 Å². The van der Waals surface area contributed by atoms with Gasteiger partial charge >= 0.3 is 0 Å². The number of imidazole rings is 1. The second kappa shape index (κ2) is 11.8. The number of hydrogen-bond acceptors (Lipinski definition) is 7. The van der Waals surface area contributed by atoms with Crippen LogP contribution in [0.3, 0.4) is 0 Å². The highest BCUT2D eigenvalue weighted by atomic mass is 16.5. The monoisotopic (exact) mass is 528 g/mol. The Morgan fingerprint density at radius 1 is 1.13 bits per heavy atom. The largest absolute Gasteiger partial charge is 0.497 e. The van der Waals surface area contributed by atoms with Gasteiger partial charge in [-0.3, -0.25) is 14.2 Å². The van der Waals surface area contributed by atoms with Crippen LogP contribution in [-0.4, -0.2) is 80.5 Å². The molecule has 4 aromatic rings. The Labute approximate surface area is 226 Å². The van der Waals surface area contributed by atoms with Gasteiger partial charge in [-0.25, -0.2) is 15.0 Å². The first-order valence-electron chi connectivity index (χ1n) is 12.9. The maximum atomic E-state index is 13.5. The van der Waals surface area contributed by atoms with Gasteiger partial charge in [0, 0.05) is 56.4 Å². The fourth-order valence-electron chi connectivity index (χ4n) is 4.75. The molecule has 1 aliphatic rings. The lowest BCUT2D eigenvalue weighted by Gasteiger charge is -2.41. The van der Waals surface area contributed by atoms with Gasteiger partial charge < -0.3 is 24.8 Å². The Morgan fingerprint density at radius 2 is 1.95 bits per heavy atom. The Hall–Kier alpha value is -4.67. The molecule has 11 nitrogen and oxygen atoms in total. The number of aromatic amines is 1. The van der Waals surface area contributed by atoms with Crippen molar-refractivity contribution in [2.45, 2.75) is 25.8 Å². The molecule has 3 aromatic heterocycles. The zero-order valence-electron chi connectivity index (χ0n) is 22.1. The maximum Gasteiger partial charge on any atom is 0.244 e. The number of nitrogens with one attached hydrogen (secondary N) is 2. The number of anilines is 1. The highest BCUT2D eigenvalue weighted by molar-refractivity contribution is 5.87. The van der Waals surface area contributed by atoms with Gasteiger partial charge in [0.2, 0.25) is 11.8 Å². The summed E-state index contributed by atoms with van der Waals surface area (Å²) in [7, 11) is 1.61. The molecule has 1 fully saturated rings. The number of piperazine rings is 1. The number of amides is 2. The molecule has 11 heteroatoms. The van der Waals surface area contributed by atoms with Crippen LogP contribution >= 0.6 is 0 Å². The fraction of sp³-hybridized carbons (Fsp3) is 0.321. The van der Waals surface area contributed by atoms with Gasteiger partial charge in [0.05, 0.1) is 20.1 Å². The van der Waals surface area contributed by atoms with Gasteiger partial charge in [-0.2, -0.15) is 0 Å². The number of hydrogen-bond donors (Lipinski definition) is 2. The van der Waals surface area contributed by atoms with Gasteiger partial charge in [0.25, 0.3) is 0 Å². The summed E-state index contributed by atoms with van der Waals surface area (Å²) in [4.78, 5) is 46.6. The van der Waals surface area contributed by atoms with Crippen molar-refractivity contribution in [1.29, 1.82) is 0 Å². The molecule has 1 saturated heterocycles. The molecule has 0 bridgehead atoms. The van der Waals surface area contributed by atoms with E-state index in [0.29, 0.717) is 37.7 Å². The van der Waals surface area contributed by atoms with E-state index in [9.17, 15) is 9.59 Å². The number of carbonyl (C=O) groups excluding carboxylic acids is 2. The van der Waals surface area contributed by atoms with Crippen LogP contribution in [-0.2, 0) is 22.4 Å². The van der Waals surface area contributed by atoms with E-state index in [-0.39, 0.29) is 24.8 Å². The van der Waals surface area contributed by atoms with Gasteiger partial charge in [0.15, 0.2) is 0 Å². The quantitative estimate of drug-likeness (QED) is 0.341. The van der Waals surface area contributed by atoms with Crippen LogP contribution < -0.4 is 15.0 Å². The van der Waals surface area contributed by atoms with Crippen molar-refractivity contribution < 1.29 is 14.3 Å². The SMILES string of the molecule is COc1ccc(CC(=O)N2CCN(c3cc(-n4ccnc4)ncn3)C(C(=O)NCCc3[nH]ccc3C)C2)cc1. The first kappa shape index (κ1) is 26.0. The smallest absolute Gasteiger partial charge is 0.244 e. The number of H-pyrrole nitrogens is 1. The number of carbonyl (C=O) groups is 2. The number of rotatable bonds is 9. The normalized spacial score (nSPS) is 15.3. The van der Waals surface area contributed by atoms with E-state index in [2.05, 4.69) is 25.3 Å². The third-order valence-electron chi connectivity index (χ3n) is 6.99. The predicted molar refractivity (Wildman–Crippen MR) is 146 cm³/mol. The molecule has 4 heterocycles. The van der Waals surface area contributed by atoms with E-state index in [1.165, 1.54) is 6.33 Å². The molecule has 0 aliphatic carbocycles. The molecule has 0 radical (unpaired) electrons. The molecule has 2 amide bonds. The Balaban J connectivity index is 1.32. The number of aromatic nitrogens is 5. The number of benzene rings is 1. The van der Waals surface area contributed by atoms with Crippen LogP contribution in [0.2, 0.25) is 0 Å². The lowest BCUT2D eigenvalue weighted by Crippen LogP contribution is -2.61. The highest BCUT2D eigenvalue weighted by Gasteiger charge is 2.35. The van der Waals surface area contributed by atoms with Crippen molar-refractivity contribution in [3.05, 3.63) is 84.5 Å². The first-order chi connectivity index (χ1) is 19.0. The van der Waals surface area contributed by atoms with Crippen LogP contribution in [0.5, 0.6) is 5.75 Å². The topological polar surface area (TPSA) is 121 Å². The molecule has 39 heavy (non-hydrogen) atoms. The van der Waals surface area contributed by atoms with Gasteiger partial charge in [0.1, 0.15) is 36.1 Å². The summed E-state index contributed by atoms with van der Waals surface area (Å²) in [6, 6.07) is 10.7. The fourth-order valence-corrected chi connectivity index (χ4v) is 4.75. The van der Waals surface area contributed by atoms with E-state index in [1.54, 1.807) is 35.3 Å². The second-order valence-corrected chi connectivity index (χ2v) is 9.46. The van der Waals surface area contributed by atoms with Crippen molar-refractivity contribution in [3.63, 3.8) is 0 Å². The summed E-state index contributed by atoms with van der Waals surface area (Å²) in [5.74, 6) is 1.84. The van der Waals surface area contributed by atoms with E-state index in [4.69, 9.17) is 4.74 Å². The summed E-state index contributed by atoms with van der Waals surface area (Å²) < 4.78 is 7.00. The number of ether oxygens (including phenoxy) is 1. The van der Waals surface area contributed by atoms with E-state index < -0.39 is 6.04 Å². The minimum Gasteiger partial charge on any atom is -0.497 e. The average Bonchev–Trinajstić information content (AvgIpc) is 3.65. The second-order valence-electron chi connectivity index (χ2n) is 9.46. The average molecular weight is 529 g/mol. The van der Waals surface area contributed by atoms with E-state index >= 15 is 0 Å². The summed E-state index contributed by atoms with van der Waals surface area (Å²) in [5, 5.41) is 3.07. The Kier molecular flexibility index (Phi) is 7.86. The predicted octanol–water partition coefficient (Wildman–Crippen LogP) is 1.93. The van der Waals surface area contributed by atoms with Crippen LogP contribution in [0.1, 0.15) is 16.8 Å². The molecule has 0 saturated carbocycles. The molecule has 1 unspecified atom stereocenters. The third kappa shape index (κ3) is 6.08. The highest BCUT2D eigenvalue weighted by Crippen LogP contribution is 2.22. The van der Waals surface area contributed by atoms with Crippen LogP contribution in [0.15, 0.2) is 67.6 Å². The van der Waals surface area contributed by atoms with E-state index in [1.807, 2.05) is 54.4 Å². The summed E-state index contributed by atoms with van der Waals surface area (Å²) >= 11 is 0. The standard InChI is InChI=1S/C28H32N8O3/c1-20-7-9-30-23(20)8-10-31-28(38)24-17-34(27(37)15-21-3-5-22(39-2)6-4-21)13-14-36(24)26-16-25(32-18-33-26)35-12-11-29-19-35/h3-7,9,11-12,16,18-19,24,30H,8,10,13-15,17H2,1-2H3,(H,31,38). The molecule has 202 valence electrons. The van der Waals surface area contributed by atoms with Crippen molar-refractivity contribution in [3.8, 4) is 11.6 Å². The van der Waals surface area contributed by atoms with E-state index in [0.717, 1.165) is 22.6 Å². The molecule has 2 N–H and O–H groups in total. The minimum absolute atomic E-state index is 0.0265. The lowest BCUT2D eigenvalue weighted by atomic mass is 10.1. The molecule has 0 spiro atoms. The summed E-state index contributed by atoms with van der Waals surface area (Å²) in [5.41, 5.74) is 3.14. The zero-order valence-corrected chi connectivity index (χ0v) is 22.1. The Morgan fingerprint density at radius 3 is 2.67 bits per heavy atom. The van der Waals surface area contributed by atoms with Crippen molar-refractivity contribution >= 4 is 17.6 Å². The van der Waals surface area contributed by atoms with Crippen LogP contribution in [0.4, 0.5) is 5.82 Å². The number of nitrogens with zero attached hydrogens (tertiary/aromatic N) is 6. The third-order valence-corrected chi connectivity index (χ3v) is 6.99. The van der Waals surface area contributed by atoms with Gasteiger partial charge in [-0.1, -0.05) is 12.1 Å².